The summed E-state index contributed by atoms with van der Waals surface area (Å²) >= 11 is 1.84. The van der Waals surface area contributed by atoms with Gasteiger partial charge >= 0.3 is 0 Å². The molecule has 0 saturated carbocycles. The van der Waals surface area contributed by atoms with E-state index in [9.17, 15) is 0 Å². The number of aromatic nitrogens is 3. The highest BCUT2D eigenvalue weighted by atomic mass is 32.1. The quantitative estimate of drug-likeness (QED) is 0.179. The maximum Gasteiger partial charge on any atom is 0.160 e. The zero-order chi connectivity index (χ0) is 35.6. The number of fused-ring (bicyclic) bond motifs is 7. The molecule has 0 N–H and O–H groups in total. The molecule has 0 radical (unpaired) electrons. The summed E-state index contributed by atoms with van der Waals surface area (Å²) in [6.07, 6.45) is 1.84. The average molecular weight is 708 g/mol. The van der Waals surface area contributed by atoms with Crippen molar-refractivity contribution < 1.29 is 4.42 Å². The number of para-hydroxylation sites is 1. The fraction of sp³-hybridized carbons (Fsp3) is 0. The monoisotopic (exact) mass is 707 g/mol. The minimum Gasteiger partial charge on any atom is -0.455 e. The van der Waals surface area contributed by atoms with Gasteiger partial charge in [0.05, 0.1) is 16.9 Å². The molecule has 0 atom stereocenters. The van der Waals surface area contributed by atoms with Crippen molar-refractivity contribution in [2.24, 2.45) is 0 Å². The van der Waals surface area contributed by atoms with Gasteiger partial charge in [0.1, 0.15) is 11.2 Å². The summed E-state index contributed by atoms with van der Waals surface area (Å²) in [5.41, 5.74) is 11.7. The molecule has 54 heavy (non-hydrogen) atoms. The van der Waals surface area contributed by atoms with Crippen LogP contribution in [0.5, 0.6) is 0 Å². The molecule has 0 saturated heterocycles. The van der Waals surface area contributed by atoms with Gasteiger partial charge in [-0.3, -0.25) is 4.98 Å². The van der Waals surface area contributed by atoms with E-state index in [1.165, 1.54) is 20.2 Å². The SMILES string of the molecule is c1ccc(-c2cc(-c3ccc(-c4ccc5sc6ccccc6c5c4)c4c3oc3ccccc34)nc(-c3ccc(-c4cccc5ncccc45)cc3)n2)cc1. The Morgan fingerprint density at radius 2 is 1.15 bits per heavy atom. The van der Waals surface area contributed by atoms with Crippen LogP contribution in [-0.2, 0) is 0 Å². The molecule has 4 heterocycles. The molecular weight excluding hydrogens is 679 g/mol. The van der Waals surface area contributed by atoms with Crippen LogP contribution >= 0.6 is 11.3 Å². The topological polar surface area (TPSA) is 51.8 Å². The molecule has 0 aliphatic carbocycles. The van der Waals surface area contributed by atoms with Gasteiger partial charge in [0.15, 0.2) is 5.82 Å². The Bertz CT molecular complexity index is 3210. The molecule has 4 nitrogen and oxygen atoms in total. The van der Waals surface area contributed by atoms with E-state index >= 15 is 0 Å². The zero-order valence-electron chi connectivity index (χ0n) is 28.9. The van der Waals surface area contributed by atoms with Gasteiger partial charge in [0.2, 0.25) is 0 Å². The molecular formula is C49H29N3OS. The van der Waals surface area contributed by atoms with Crippen molar-refractivity contribution in [3.05, 3.63) is 176 Å². The first-order valence-corrected chi connectivity index (χ1v) is 18.8. The molecule has 5 heteroatoms. The summed E-state index contributed by atoms with van der Waals surface area (Å²) < 4.78 is 9.36. The summed E-state index contributed by atoms with van der Waals surface area (Å²) in [4.78, 5) is 15.0. The highest BCUT2D eigenvalue weighted by Crippen LogP contribution is 2.44. The summed E-state index contributed by atoms with van der Waals surface area (Å²) in [5.74, 6) is 0.653. The first kappa shape index (κ1) is 30.7. The molecule has 0 aliphatic rings. The maximum absolute atomic E-state index is 6.77. The van der Waals surface area contributed by atoms with E-state index in [0.717, 1.165) is 83.2 Å². The average Bonchev–Trinajstić information content (AvgIpc) is 3.82. The summed E-state index contributed by atoms with van der Waals surface area (Å²) in [6, 6.07) is 59.5. The van der Waals surface area contributed by atoms with Crippen molar-refractivity contribution >= 4 is 64.4 Å². The molecule has 11 aromatic rings. The van der Waals surface area contributed by atoms with Gasteiger partial charge in [-0.25, -0.2) is 9.97 Å². The Hall–Kier alpha value is -6.95. The molecule has 0 fully saturated rings. The number of hydrogen-bond acceptors (Lipinski definition) is 5. The number of rotatable bonds is 5. The third kappa shape index (κ3) is 5.01. The van der Waals surface area contributed by atoms with Crippen molar-refractivity contribution in [2.75, 3.05) is 0 Å². The van der Waals surface area contributed by atoms with Gasteiger partial charge in [0.25, 0.3) is 0 Å². The number of furan rings is 1. The highest BCUT2D eigenvalue weighted by molar-refractivity contribution is 7.25. The first-order valence-electron chi connectivity index (χ1n) is 18.0. The van der Waals surface area contributed by atoms with Crippen LogP contribution in [0.3, 0.4) is 0 Å². The van der Waals surface area contributed by atoms with E-state index < -0.39 is 0 Å². The van der Waals surface area contributed by atoms with E-state index in [-0.39, 0.29) is 0 Å². The fourth-order valence-electron chi connectivity index (χ4n) is 7.79. The number of benzene rings is 7. The van der Waals surface area contributed by atoms with E-state index in [2.05, 4.69) is 132 Å². The number of pyridine rings is 1. The molecule has 0 spiro atoms. The predicted molar refractivity (Wildman–Crippen MR) is 225 cm³/mol. The minimum atomic E-state index is 0.653. The van der Waals surface area contributed by atoms with Crippen molar-refractivity contribution in [1.82, 2.24) is 15.0 Å². The van der Waals surface area contributed by atoms with Crippen molar-refractivity contribution in [1.29, 1.82) is 0 Å². The van der Waals surface area contributed by atoms with Gasteiger partial charge < -0.3 is 4.42 Å². The van der Waals surface area contributed by atoms with Gasteiger partial charge in [-0.15, -0.1) is 11.3 Å². The molecule has 0 amide bonds. The number of hydrogen-bond donors (Lipinski definition) is 0. The Kier molecular flexibility index (Phi) is 7.00. The lowest BCUT2D eigenvalue weighted by Gasteiger charge is -2.12. The lowest BCUT2D eigenvalue weighted by molar-refractivity contribution is 0.670. The van der Waals surface area contributed by atoms with Crippen molar-refractivity contribution in [3.8, 4) is 56.2 Å². The second kappa shape index (κ2) is 12.3. The minimum absolute atomic E-state index is 0.653. The lowest BCUT2D eigenvalue weighted by atomic mass is 9.95. The highest BCUT2D eigenvalue weighted by Gasteiger charge is 2.20. The van der Waals surface area contributed by atoms with Gasteiger partial charge in [-0.05, 0) is 70.8 Å². The number of thiophene rings is 1. The van der Waals surface area contributed by atoms with E-state index in [1.807, 2.05) is 60.0 Å². The number of nitrogens with zero attached hydrogens (tertiary/aromatic N) is 3. The van der Waals surface area contributed by atoms with Crippen molar-refractivity contribution in [3.63, 3.8) is 0 Å². The van der Waals surface area contributed by atoms with Crippen LogP contribution in [0, 0.1) is 0 Å². The second-order valence-corrected chi connectivity index (χ2v) is 14.6. The Balaban J connectivity index is 1.09. The molecule has 4 aromatic heterocycles. The van der Waals surface area contributed by atoms with Gasteiger partial charge in [-0.1, -0.05) is 121 Å². The Morgan fingerprint density at radius 3 is 2.06 bits per heavy atom. The molecule has 11 rings (SSSR count). The van der Waals surface area contributed by atoms with Crippen LogP contribution in [0.25, 0.3) is 109 Å². The zero-order valence-corrected chi connectivity index (χ0v) is 29.7. The molecule has 0 unspecified atom stereocenters. The third-order valence-corrected chi connectivity index (χ3v) is 11.5. The normalized spacial score (nSPS) is 11.7. The first-order chi connectivity index (χ1) is 26.7. The van der Waals surface area contributed by atoms with Crippen LogP contribution in [0.1, 0.15) is 0 Å². The second-order valence-electron chi connectivity index (χ2n) is 13.6. The summed E-state index contributed by atoms with van der Waals surface area (Å²) in [6.45, 7) is 0. The lowest BCUT2D eigenvalue weighted by Crippen LogP contribution is -1.96. The van der Waals surface area contributed by atoms with Gasteiger partial charge in [0, 0.05) is 59.2 Å². The van der Waals surface area contributed by atoms with Crippen molar-refractivity contribution in [2.45, 2.75) is 0 Å². The largest absolute Gasteiger partial charge is 0.455 e. The van der Waals surface area contributed by atoms with Crippen LogP contribution in [-0.4, -0.2) is 15.0 Å². The molecule has 0 bridgehead atoms. The maximum atomic E-state index is 6.77. The molecule has 7 aromatic carbocycles. The van der Waals surface area contributed by atoms with E-state index in [0.29, 0.717) is 5.82 Å². The van der Waals surface area contributed by atoms with E-state index in [4.69, 9.17) is 14.4 Å². The fourth-order valence-corrected chi connectivity index (χ4v) is 8.88. The Labute approximate surface area is 314 Å². The predicted octanol–water partition coefficient (Wildman–Crippen LogP) is 13.6. The molecule has 0 aliphatic heterocycles. The summed E-state index contributed by atoms with van der Waals surface area (Å²) in [5, 5.41) is 5.84. The third-order valence-electron chi connectivity index (χ3n) is 10.4. The molecule has 252 valence electrons. The van der Waals surface area contributed by atoms with E-state index in [1.54, 1.807) is 0 Å². The Morgan fingerprint density at radius 1 is 0.426 bits per heavy atom. The van der Waals surface area contributed by atoms with Crippen LogP contribution in [0.4, 0.5) is 0 Å². The summed E-state index contributed by atoms with van der Waals surface area (Å²) in [7, 11) is 0. The standard InChI is InChI=1S/C49H29N3OS/c1-2-10-31(11-3-1)42-29-43(52-49(51-42)32-21-19-30(20-22-32)34-14-8-16-41-36(34)15-9-27-50-41)38-25-24-35(47-39-13-4-6-17-44(39)53-48(38)47)33-23-26-46-40(28-33)37-12-5-7-18-45(37)54-46/h1-29H. The van der Waals surface area contributed by atoms with Gasteiger partial charge in [-0.2, -0.15) is 0 Å². The van der Waals surface area contributed by atoms with Crippen LogP contribution in [0.2, 0.25) is 0 Å². The van der Waals surface area contributed by atoms with Crippen LogP contribution < -0.4 is 0 Å². The van der Waals surface area contributed by atoms with Crippen LogP contribution in [0.15, 0.2) is 180 Å². The smallest absolute Gasteiger partial charge is 0.160 e.